The zero-order chi connectivity index (χ0) is 13.8. The Hall–Kier alpha value is -1.07. The van der Waals surface area contributed by atoms with Crippen LogP contribution in [-0.2, 0) is 10.0 Å². The van der Waals surface area contributed by atoms with Crippen molar-refractivity contribution in [2.75, 3.05) is 5.75 Å². The minimum absolute atomic E-state index is 0.0566. The van der Waals surface area contributed by atoms with E-state index < -0.39 is 10.0 Å². The average molecular weight is 271 g/mol. The molecule has 1 rings (SSSR count). The maximum absolute atomic E-state index is 11.6. The summed E-state index contributed by atoms with van der Waals surface area (Å²) in [5, 5.41) is 0. The number of hydrogen-bond donors (Lipinski definition) is 1. The minimum Gasteiger partial charge on any atom is -0.491 e. The molecule has 0 aromatic heterocycles. The van der Waals surface area contributed by atoms with E-state index in [1.54, 1.807) is 6.92 Å². The molecule has 5 heteroatoms. The van der Waals surface area contributed by atoms with Crippen molar-refractivity contribution in [2.45, 2.75) is 39.8 Å². The van der Waals surface area contributed by atoms with E-state index in [2.05, 4.69) is 4.72 Å². The lowest BCUT2D eigenvalue weighted by molar-refractivity contribution is 0.238. The zero-order valence-electron chi connectivity index (χ0n) is 11.3. The molecule has 0 aliphatic carbocycles. The Morgan fingerprint density at radius 2 is 1.83 bits per heavy atom. The largest absolute Gasteiger partial charge is 0.491 e. The van der Waals surface area contributed by atoms with Gasteiger partial charge in [-0.05, 0) is 33.8 Å². The highest BCUT2D eigenvalue weighted by Crippen LogP contribution is 2.26. The van der Waals surface area contributed by atoms with Gasteiger partial charge in [0.2, 0.25) is 10.0 Å². The van der Waals surface area contributed by atoms with Crippen LogP contribution in [0.15, 0.2) is 24.3 Å². The minimum atomic E-state index is -3.22. The summed E-state index contributed by atoms with van der Waals surface area (Å²) < 4.78 is 31.4. The molecule has 1 atom stereocenters. The van der Waals surface area contributed by atoms with Crippen LogP contribution in [0.25, 0.3) is 0 Å². The van der Waals surface area contributed by atoms with Gasteiger partial charge in [-0.1, -0.05) is 18.2 Å². The monoisotopic (exact) mass is 271 g/mol. The van der Waals surface area contributed by atoms with Crippen molar-refractivity contribution in [3.05, 3.63) is 29.8 Å². The van der Waals surface area contributed by atoms with Gasteiger partial charge in [0.15, 0.2) is 0 Å². The summed E-state index contributed by atoms with van der Waals surface area (Å²) >= 11 is 0. The van der Waals surface area contributed by atoms with Crippen LogP contribution in [0, 0.1) is 0 Å². The predicted molar refractivity (Wildman–Crippen MR) is 73.2 cm³/mol. The number of sulfonamides is 1. The molecule has 4 nitrogen and oxygen atoms in total. The van der Waals surface area contributed by atoms with E-state index in [0.717, 1.165) is 11.3 Å². The molecule has 0 amide bonds. The third-order valence-electron chi connectivity index (χ3n) is 2.48. The molecule has 1 aromatic rings. The fourth-order valence-corrected chi connectivity index (χ4v) is 2.45. The summed E-state index contributed by atoms with van der Waals surface area (Å²) in [6.07, 6.45) is 0.0566. The Balaban J connectivity index is 2.95. The molecular weight excluding hydrogens is 250 g/mol. The summed E-state index contributed by atoms with van der Waals surface area (Å²) in [6, 6.07) is 7.18. The summed E-state index contributed by atoms with van der Waals surface area (Å²) in [5.74, 6) is 0.795. The second-order valence-corrected chi connectivity index (χ2v) is 6.49. The quantitative estimate of drug-likeness (QED) is 0.864. The van der Waals surface area contributed by atoms with E-state index in [1.807, 2.05) is 45.0 Å². The van der Waals surface area contributed by atoms with Gasteiger partial charge >= 0.3 is 0 Å². The third-order valence-corrected chi connectivity index (χ3v) is 3.96. The maximum atomic E-state index is 11.6. The van der Waals surface area contributed by atoms with Gasteiger partial charge < -0.3 is 4.74 Å². The summed E-state index contributed by atoms with van der Waals surface area (Å²) in [6.45, 7) is 7.32. The van der Waals surface area contributed by atoms with Gasteiger partial charge in [0.1, 0.15) is 5.75 Å². The van der Waals surface area contributed by atoms with Gasteiger partial charge in [0.05, 0.1) is 11.9 Å². The summed E-state index contributed by atoms with van der Waals surface area (Å²) in [7, 11) is -3.22. The first kappa shape index (κ1) is 15.0. The van der Waals surface area contributed by atoms with E-state index in [1.165, 1.54) is 0 Å². The Labute approximate surface area is 109 Å². The predicted octanol–water partition coefficient (Wildman–Crippen LogP) is 2.47. The molecule has 0 fully saturated rings. The van der Waals surface area contributed by atoms with E-state index in [-0.39, 0.29) is 17.9 Å². The number of benzene rings is 1. The van der Waals surface area contributed by atoms with Gasteiger partial charge in [-0.15, -0.1) is 0 Å². The Morgan fingerprint density at radius 3 is 2.39 bits per heavy atom. The fraction of sp³-hybridized carbons (Fsp3) is 0.538. The molecule has 102 valence electrons. The second kappa shape index (κ2) is 6.20. The molecule has 0 bridgehead atoms. The molecule has 0 heterocycles. The standard InChI is InChI=1S/C13H21NO3S/c1-5-18(15,16)14-11(4)12-8-6-7-9-13(12)17-10(2)3/h6-11,14H,5H2,1-4H3. The molecule has 0 aliphatic heterocycles. The van der Waals surface area contributed by atoms with Crippen LogP contribution in [0.2, 0.25) is 0 Å². The zero-order valence-corrected chi connectivity index (χ0v) is 12.1. The van der Waals surface area contributed by atoms with Gasteiger partial charge in [-0.3, -0.25) is 0 Å². The lowest BCUT2D eigenvalue weighted by Crippen LogP contribution is -2.28. The van der Waals surface area contributed by atoms with Crippen molar-refractivity contribution in [2.24, 2.45) is 0 Å². The highest BCUT2D eigenvalue weighted by molar-refractivity contribution is 7.89. The molecule has 0 aliphatic rings. The van der Waals surface area contributed by atoms with Crippen LogP contribution < -0.4 is 9.46 Å². The number of nitrogens with one attached hydrogen (secondary N) is 1. The van der Waals surface area contributed by atoms with Crippen molar-refractivity contribution in [3.8, 4) is 5.75 Å². The second-order valence-electron chi connectivity index (χ2n) is 4.45. The van der Waals surface area contributed by atoms with Crippen molar-refractivity contribution >= 4 is 10.0 Å². The first-order valence-electron chi connectivity index (χ1n) is 6.11. The molecule has 0 radical (unpaired) electrons. The number of hydrogen-bond acceptors (Lipinski definition) is 3. The van der Waals surface area contributed by atoms with E-state index in [9.17, 15) is 8.42 Å². The van der Waals surface area contributed by atoms with Crippen molar-refractivity contribution in [1.82, 2.24) is 4.72 Å². The molecular formula is C13H21NO3S. The van der Waals surface area contributed by atoms with Crippen LogP contribution in [0.1, 0.15) is 39.3 Å². The van der Waals surface area contributed by atoms with E-state index in [4.69, 9.17) is 4.74 Å². The number of para-hydroxylation sites is 1. The number of ether oxygens (including phenoxy) is 1. The molecule has 0 saturated heterocycles. The van der Waals surface area contributed by atoms with Crippen LogP contribution >= 0.6 is 0 Å². The van der Waals surface area contributed by atoms with E-state index in [0.29, 0.717) is 0 Å². The Morgan fingerprint density at radius 1 is 1.22 bits per heavy atom. The summed E-state index contributed by atoms with van der Waals surface area (Å²) in [4.78, 5) is 0. The molecule has 1 unspecified atom stereocenters. The molecule has 1 aromatic carbocycles. The normalized spacial score (nSPS) is 13.6. The van der Waals surface area contributed by atoms with Gasteiger partial charge in [-0.2, -0.15) is 0 Å². The smallest absolute Gasteiger partial charge is 0.211 e. The van der Waals surface area contributed by atoms with E-state index >= 15 is 0 Å². The van der Waals surface area contributed by atoms with Crippen LogP contribution in [0.3, 0.4) is 0 Å². The van der Waals surface area contributed by atoms with Crippen LogP contribution in [0.4, 0.5) is 0 Å². The maximum Gasteiger partial charge on any atom is 0.211 e. The van der Waals surface area contributed by atoms with Crippen LogP contribution in [-0.4, -0.2) is 20.3 Å². The Kier molecular flexibility index (Phi) is 5.16. The molecule has 0 saturated carbocycles. The topological polar surface area (TPSA) is 55.4 Å². The van der Waals surface area contributed by atoms with Crippen molar-refractivity contribution < 1.29 is 13.2 Å². The SMILES string of the molecule is CCS(=O)(=O)NC(C)c1ccccc1OC(C)C. The Bertz CT molecular complexity index is 483. The van der Waals surface area contributed by atoms with Gasteiger partial charge in [0, 0.05) is 11.6 Å². The summed E-state index contributed by atoms with van der Waals surface area (Å²) in [5.41, 5.74) is 0.850. The van der Waals surface area contributed by atoms with Gasteiger partial charge in [-0.25, -0.2) is 13.1 Å². The fourth-order valence-electron chi connectivity index (χ4n) is 1.62. The highest BCUT2D eigenvalue weighted by Gasteiger charge is 2.17. The molecule has 18 heavy (non-hydrogen) atoms. The first-order valence-corrected chi connectivity index (χ1v) is 7.76. The average Bonchev–Trinajstić information content (AvgIpc) is 2.28. The molecule has 1 N–H and O–H groups in total. The van der Waals surface area contributed by atoms with Gasteiger partial charge in [0.25, 0.3) is 0 Å². The highest BCUT2D eigenvalue weighted by atomic mass is 32.2. The van der Waals surface area contributed by atoms with Crippen LogP contribution in [0.5, 0.6) is 5.75 Å². The number of rotatable bonds is 6. The third kappa shape index (κ3) is 4.31. The van der Waals surface area contributed by atoms with Crippen molar-refractivity contribution in [3.63, 3.8) is 0 Å². The molecule has 0 spiro atoms. The lowest BCUT2D eigenvalue weighted by atomic mass is 10.1. The lowest BCUT2D eigenvalue weighted by Gasteiger charge is -2.19. The first-order chi connectivity index (χ1) is 8.35. The van der Waals surface area contributed by atoms with Crippen molar-refractivity contribution in [1.29, 1.82) is 0 Å².